The topological polar surface area (TPSA) is 41.6 Å². The monoisotopic (exact) mass is 318 g/mol. The number of nitrogens with zero attached hydrogens (tertiary/aromatic N) is 1. The molecule has 1 aliphatic heterocycles. The molecule has 0 spiro atoms. The van der Waals surface area contributed by atoms with Gasteiger partial charge in [0.1, 0.15) is 5.60 Å². The van der Waals surface area contributed by atoms with Crippen molar-refractivity contribution in [1.29, 1.82) is 0 Å². The van der Waals surface area contributed by atoms with E-state index in [1.54, 1.807) is 0 Å². The summed E-state index contributed by atoms with van der Waals surface area (Å²) in [6, 6.07) is 10.8. The zero-order valence-corrected chi connectivity index (χ0v) is 14.8. The van der Waals surface area contributed by atoms with Gasteiger partial charge in [0.15, 0.2) is 0 Å². The first-order chi connectivity index (χ1) is 10.9. The Hall–Kier alpha value is -1.55. The number of hydrogen-bond acceptors (Lipinski definition) is 3. The molecule has 1 amide bonds. The highest BCUT2D eigenvalue weighted by Gasteiger charge is 2.30. The lowest BCUT2D eigenvalue weighted by atomic mass is 9.89. The third kappa shape index (κ3) is 5.87. The zero-order valence-electron chi connectivity index (χ0n) is 14.8. The maximum Gasteiger partial charge on any atom is 0.407 e. The molecule has 128 valence electrons. The summed E-state index contributed by atoms with van der Waals surface area (Å²) in [7, 11) is 0. The normalized spacial score (nSPS) is 22.6. The van der Waals surface area contributed by atoms with E-state index in [-0.39, 0.29) is 12.1 Å². The van der Waals surface area contributed by atoms with Gasteiger partial charge in [0, 0.05) is 25.7 Å². The van der Waals surface area contributed by atoms with E-state index >= 15 is 0 Å². The van der Waals surface area contributed by atoms with Crippen LogP contribution in [0.2, 0.25) is 0 Å². The highest BCUT2D eigenvalue weighted by atomic mass is 16.6. The Morgan fingerprint density at radius 1 is 1.30 bits per heavy atom. The Bertz CT molecular complexity index is 496. The number of alkyl carbamates (subject to hydrolysis) is 1. The Kier molecular flexibility index (Phi) is 6.05. The van der Waals surface area contributed by atoms with Gasteiger partial charge in [-0.2, -0.15) is 0 Å². The van der Waals surface area contributed by atoms with Crippen molar-refractivity contribution in [2.75, 3.05) is 13.1 Å². The van der Waals surface area contributed by atoms with E-state index < -0.39 is 5.60 Å². The molecule has 1 saturated heterocycles. The zero-order chi connectivity index (χ0) is 16.9. The minimum absolute atomic E-state index is 0.210. The van der Waals surface area contributed by atoms with Crippen LogP contribution in [0.4, 0.5) is 4.79 Å². The summed E-state index contributed by atoms with van der Waals surface area (Å²) in [5.41, 5.74) is 0.903. The smallest absolute Gasteiger partial charge is 0.407 e. The molecule has 2 atom stereocenters. The van der Waals surface area contributed by atoms with Crippen LogP contribution in [0.1, 0.15) is 46.1 Å². The summed E-state index contributed by atoms with van der Waals surface area (Å²) in [6.45, 7) is 10.9. The minimum atomic E-state index is -0.445. The third-order valence-electron chi connectivity index (χ3n) is 4.29. The summed E-state index contributed by atoms with van der Waals surface area (Å²) < 4.78 is 5.39. The van der Waals surface area contributed by atoms with Crippen molar-refractivity contribution in [3.8, 4) is 0 Å². The van der Waals surface area contributed by atoms with E-state index in [1.165, 1.54) is 5.56 Å². The Balaban J connectivity index is 1.87. The third-order valence-corrected chi connectivity index (χ3v) is 4.29. The van der Waals surface area contributed by atoms with Crippen molar-refractivity contribution in [1.82, 2.24) is 10.2 Å². The average Bonchev–Trinajstić information content (AvgIpc) is 2.48. The number of amides is 1. The van der Waals surface area contributed by atoms with E-state index in [0.29, 0.717) is 5.92 Å². The van der Waals surface area contributed by atoms with Crippen LogP contribution in [-0.4, -0.2) is 35.7 Å². The SMILES string of the molecule is CCC1CN(Cc2ccccc2)CCC1NC(=O)OC(C)(C)C. The predicted molar refractivity (Wildman–Crippen MR) is 93.3 cm³/mol. The van der Waals surface area contributed by atoms with Crippen LogP contribution in [-0.2, 0) is 11.3 Å². The number of carbonyl (C=O) groups is 1. The van der Waals surface area contributed by atoms with Crippen LogP contribution in [0.25, 0.3) is 0 Å². The van der Waals surface area contributed by atoms with E-state index in [1.807, 2.05) is 20.8 Å². The molecule has 4 nitrogen and oxygen atoms in total. The largest absolute Gasteiger partial charge is 0.444 e. The summed E-state index contributed by atoms with van der Waals surface area (Å²) in [4.78, 5) is 14.5. The molecule has 1 aliphatic rings. The summed E-state index contributed by atoms with van der Waals surface area (Å²) in [5, 5.41) is 3.07. The van der Waals surface area contributed by atoms with Gasteiger partial charge in [-0.15, -0.1) is 0 Å². The Morgan fingerprint density at radius 3 is 2.61 bits per heavy atom. The lowest BCUT2D eigenvalue weighted by Gasteiger charge is -2.38. The fourth-order valence-corrected chi connectivity index (χ4v) is 3.16. The quantitative estimate of drug-likeness (QED) is 0.918. The van der Waals surface area contributed by atoms with Crippen molar-refractivity contribution < 1.29 is 9.53 Å². The average molecular weight is 318 g/mol. The summed E-state index contributed by atoms with van der Waals surface area (Å²) >= 11 is 0. The van der Waals surface area contributed by atoms with Gasteiger partial charge in [0.25, 0.3) is 0 Å². The first-order valence-electron chi connectivity index (χ1n) is 8.63. The lowest BCUT2D eigenvalue weighted by molar-refractivity contribution is 0.0428. The molecule has 2 unspecified atom stereocenters. The fraction of sp³-hybridized carbons (Fsp3) is 0.632. The number of carbonyl (C=O) groups excluding carboxylic acids is 1. The van der Waals surface area contributed by atoms with Crippen LogP contribution >= 0.6 is 0 Å². The van der Waals surface area contributed by atoms with Gasteiger partial charge in [0.2, 0.25) is 0 Å². The molecule has 2 rings (SSSR count). The molecular weight excluding hydrogens is 288 g/mol. The fourth-order valence-electron chi connectivity index (χ4n) is 3.16. The van der Waals surface area contributed by atoms with Crippen LogP contribution in [0.15, 0.2) is 30.3 Å². The Morgan fingerprint density at radius 2 is 2.00 bits per heavy atom. The first-order valence-corrected chi connectivity index (χ1v) is 8.63. The number of rotatable bonds is 4. The molecule has 0 saturated carbocycles. The molecule has 23 heavy (non-hydrogen) atoms. The molecule has 1 heterocycles. The summed E-state index contributed by atoms with van der Waals surface area (Å²) in [6.07, 6.45) is 1.74. The molecular formula is C19H30N2O2. The van der Waals surface area contributed by atoms with Gasteiger partial charge in [0.05, 0.1) is 0 Å². The van der Waals surface area contributed by atoms with Gasteiger partial charge in [-0.1, -0.05) is 43.7 Å². The van der Waals surface area contributed by atoms with Crippen molar-refractivity contribution in [3.05, 3.63) is 35.9 Å². The number of nitrogens with one attached hydrogen (secondary N) is 1. The van der Waals surface area contributed by atoms with E-state index in [2.05, 4.69) is 47.5 Å². The number of likely N-dealkylation sites (tertiary alicyclic amines) is 1. The standard InChI is InChI=1S/C19H30N2O2/c1-5-16-14-21(13-15-9-7-6-8-10-15)12-11-17(16)20-18(22)23-19(2,3)4/h6-10,16-17H,5,11-14H2,1-4H3,(H,20,22). The van der Waals surface area contributed by atoms with Gasteiger partial charge in [-0.05, 0) is 38.7 Å². The number of piperidine rings is 1. The maximum absolute atomic E-state index is 12.0. The molecule has 0 aromatic heterocycles. The van der Waals surface area contributed by atoms with E-state index in [0.717, 1.165) is 32.5 Å². The second-order valence-corrected chi connectivity index (χ2v) is 7.43. The number of benzene rings is 1. The summed E-state index contributed by atoms with van der Waals surface area (Å²) in [5.74, 6) is 0.472. The second kappa shape index (κ2) is 7.82. The second-order valence-electron chi connectivity index (χ2n) is 7.43. The van der Waals surface area contributed by atoms with Gasteiger partial charge < -0.3 is 10.1 Å². The maximum atomic E-state index is 12.0. The molecule has 4 heteroatoms. The predicted octanol–water partition coefficient (Wildman–Crippen LogP) is 3.81. The molecule has 0 bridgehead atoms. The van der Waals surface area contributed by atoms with Gasteiger partial charge in [-0.3, -0.25) is 4.90 Å². The highest BCUT2D eigenvalue weighted by molar-refractivity contribution is 5.68. The highest BCUT2D eigenvalue weighted by Crippen LogP contribution is 2.22. The molecule has 1 aromatic carbocycles. The molecule has 1 aromatic rings. The van der Waals surface area contributed by atoms with Crippen LogP contribution < -0.4 is 5.32 Å². The molecule has 1 fully saturated rings. The molecule has 0 radical (unpaired) electrons. The lowest BCUT2D eigenvalue weighted by Crippen LogP contribution is -2.51. The van der Waals surface area contributed by atoms with Crippen molar-refractivity contribution in [2.45, 2.75) is 58.7 Å². The number of hydrogen-bond donors (Lipinski definition) is 1. The van der Waals surface area contributed by atoms with E-state index in [4.69, 9.17) is 4.74 Å². The minimum Gasteiger partial charge on any atom is -0.444 e. The van der Waals surface area contributed by atoms with E-state index in [9.17, 15) is 4.79 Å². The van der Waals surface area contributed by atoms with Crippen molar-refractivity contribution in [3.63, 3.8) is 0 Å². The van der Waals surface area contributed by atoms with Crippen LogP contribution in [0.3, 0.4) is 0 Å². The van der Waals surface area contributed by atoms with Gasteiger partial charge in [-0.25, -0.2) is 4.79 Å². The van der Waals surface area contributed by atoms with Crippen LogP contribution in [0, 0.1) is 5.92 Å². The van der Waals surface area contributed by atoms with Crippen molar-refractivity contribution in [2.24, 2.45) is 5.92 Å². The Labute approximate surface area is 140 Å². The molecule has 0 aliphatic carbocycles. The van der Waals surface area contributed by atoms with Crippen molar-refractivity contribution >= 4 is 6.09 Å². The first kappa shape index (κ1) is 17.8. The molecule has 1 N–H and O–H groups in total. The van der Waals surface area contributed by atoms with Crippen LogP contribution in [0.5, 0.6) is 0 Å². The number of ether oxygens (including phenoxy) is 1. The van der Waals surface area contributed by atoms with Gasteiger partial charge >= 0.3 is 6.09 Å².